The molecule has 0 aliphatic carbocycles. The summed E-state index contributed by atoms with van der Waals surface area (Å²) in [5.41, 5.74) is 1.09. The molecule has 1 N–H and O–H groups in total. The van der Waals surface area contributed by atoms with E-state index in [0.29, 0.717) is 54.2 Å². The number of aliphatic hydroxyl groups is 1. The molecule has 1 amide bonds. The molecule has 3 aromatic rings. The normalized spacial score (nSPS) is 15.8. The first-order chi connectivity index (χ1) is 17.0. The molecule has 1 aliphatic rings. The second-order valence-corrected chi connectivity index (χ2v) is 8.25. The van der Waals surface area contributed by atoms with Crippen LogP contribution in [0.2, 0.25) is 0 Å². The number of ether oxygens (including phenoxy) is 3. The first kappa shape index (κ1) is 24.3. The minimum absolute atomic E-state index is 0.0190. The minimum atomic E-state index is -0.776. The lowest BCUT2D eigenvalue weighted by Crippen LogP contribution is -2.32. The molecule has 2 heterocycles. The molecule has 1 atom stereocenters. The van der Waals surface area contributed by atoms with E-state index >= 15 is 0 Å². The fraction of sp³-hybridized carbons (Fsp3) is 0.333. The van der Waals surface area contributed by atoms with Crippen LogP contribution in [0.4, 0.5) is 0 Å². The number of rotatable bonds is 11. The fourth-order valence-corrected chi connectivity index (χ4v) is 4.25. The van der Waals surface area contributed by atoms with Crippen molar-refractivity contribution in [1.82, 2.24) is 4.90 Å². The maximum absolute atomic E-state index is 13.7. The zero-order chi connectivity index (χ0) is 24.9. The highest BCUT2D eigenvalue weighted by Crippen LogP contribution is 2.40. The van der Waals surface area contributed by atoms with Crippen LogP contribution in [0.25, 0.3) is 11.0 Å². The number of methoxy groups -OCH3 is 2. The fourth-order valence-electron chi connectivity index (χ4n) is 4.25. The van der Waals surface area contributed by atoms with Gasteiger partial charge in [-0.1, -0.05) is 31.2 Å². The number of carbonyl (C=O) groups is 2. The molecule has 8 nitrogen and oxygen atoms in total. The summed E-state index contributed by atoms with van der Waals surface area (Å²) in [6.45, 7) is 3.35. The molecule has 0 saturated carbocycles. The highest BCUT2D eigenvalue weighted by molar-refractivity contribution is 6.16. The van der Waals surface area contributed by atoms with Gasteiger partial charge in [-0.25, -0.2) is 0 Å². The van der Waals surface area contributed by atoms with Crippen LogP contribution in [-0.4, -0.2) is 55.7 Å². The maximum Gasteiger partial charge on any atom is 0.290 e. The van der Waals surface area contributed by atoms with E-state index in [9.17, 15) is 14.7 Å². The molecule has 4 rings (SSSR count). The van der Waals surface area contributed by atoms with E-state index in [1.54, 1.807) is 55.6 Å². The van der Waals surface area contributed by atoms with Crippen LogP contribution in [0.15, 0.2) is 64.3 Å². The maximum atomic E-state index is 13.7. The summed E-state index contributed by atoms with van der Waals surface area (Å²) >= 11 is 0. The van der Waals surface area contributed by atoms with Crippen LogP contribution >= 0.6 is 0 Å². The van der Waals surface area contributed by atoms with Crippen LogP contribution in [0, 0.1) is 0 Å². The zero-order valence-electron chi connectivity index (χ0n) is 20.1. The molecule has 1 aliphatic heterocycles. The Balaban J connectivity index is 1.73. The molecular formula is C27H29NO7. The second kappa shape index (κ2) is 10.7. The zero-order valence-corrected chi connectivity index (χ0v) is 20.1. The number of hydrogen-bond acceptors (Lipinski definition) is 7. The molecule has 0 spiro atoms. The third kappa shape index (κ3) is 4.74. The number of aliphatic hydroxyl groups excluding tert-OH is 1. The lowest BCUT2D eigenvalue weighted by molar-refractivity contribution is -0.129. The number of nitrogens with zero attached hydrogens (tertiary/aromatic N) is 1. The van der Waals surface area contributed by atoms with E-state index in [0.717, 1.165) is 6.42 Å². The van der Waals surface area contributed by atoms with Crippen LogP contribution < -0.4 is 9.47 Å². The molecule has 0 bridgehead atoms. The number of para-hydroxylation sites is 1. The number of ketones is 1. The van der Waals surface area contributed by atoms with Gasteiger partial charge < -0.3 is 28.6 Å². The lowest BCUT2D eigenvalue weighted by Gasteiger charge is -2.26. The first-order valence-electron chi connectivity index (χ1n) is 11.6. The Morgan fingerprint density at radius 2 is 1.89 bits per heavy atom. The van der Waals surface area contributed by atoms with Crippen molar-refractivity contribution < 1.29 is 33.3 Å². The SMILES string of the molecule is CCCOc1ccc(C2C(C(=O)c3cc4cccc(OC)c4o3)=C(O)C(=O)N2CCCOC)cc1. The van der Waals surface area contributed by atoms with Gasteiger partial charge in [-0.15, -0.1) is 0 Å². The molecule has 1 unspecified atom stereocenters. The Kier molecular flexibility index (Phi) is 7.41. The van der Waals surface area contributed by atoms with Crippen molar-refractivity contribution in [3.63, 3.8) is 0 Å². The number of hydrogen-bond donors (Lipinski definition) is 1. The van der Waals surface area contributed by atoms with Crippen molar-refractivity contribution in [2.75, 3.05) is 34.0 Å². The van der Waals surface area contributed by atoms with Gasteiger partial charge in [0.2, 0.25) is 5.78 Å². The molecule has 184 valence electrons. The molecule has 0 saturated heterocycles. The molecule has 8 heteroatoms. The number of furan rings is 1. The summed E-state index contributed by atoms with van der Waals surface area (Å²) in [6.07, 6.45) is 1.43. The summed E-state index contributed by atoms with van der Waals surface area (Å²) in [5, 5.41) is 11.5. The molecule has 0 fully saturated rings. The second-order valence-electron chi connectivity index (χ2n) is 8.25. The smallest absolute Gasteiger partial charge is 0.290 e. The summed E-state index contributed by atoms with van der Waals surface area (Å²) in [5.74, 6) is -0.533. The van der Waals surface area contributed by atoms with E-state index in [1.165, 1.54) is 12.0 Å². The number of carbonyl (C=O) groups excluding carboxylic acids is 2. The van der Waals surface area contributed by atoms with Crippen LogP contribution in [0.1, 0.15) is 41.9 Å². The van der Waals surface area contributed by atoms with Crippen molar-refractivity contribution in [2.45, 2.75) is 25.8 Å². The van der Waals surface area contributed by atoms with Crippen molar-refractivity contribution in [1.29, 1.82) is 0 Å². The molecule has 1 aromatic heterocycles. The quantitative estimate of drug-likeness (QED) is 0.310. The van der Waals surface area contributed by atoms with Gasteiger partial charge in [0.05, 0.1) is 25.3 Å². The molecular weight excluding hydrogens is 450 g/mol. The van der Waals surface area contributed by atoms with Gasteiger partial charge in [-0.2, -0.15) is 0 Å². The third-order valence-corrected chi connectivity index (χ3v) is 5.92. The van der Waals surface area contributed by atoms with Crippen molar-refractivity contribution >= 4 is 22.7 Å². The van der Waals surface area contributed by atoms with Gasteiger partial charge in [0, 0.05) is 25.6 Å². The number of amides is 1. The largest absolute Gasteiger partial charge is 0.503 e. The van der Waals surface area contributed by atoms with E-state index < -0.39 is 23.5 Å². The summed E-state index contributed by atoms with van der Waals surface area (Å²) in [6, 6.07) is 13.4. The molecule has 2 aromatic carbocycles. The molecule has 0 radical (unpaired) electrons. The van der Waals surface area contributed by atoms with Crippen LogP contribution in [0.5, 0.6) is 11.5 Å². The van der Waals surface area contributed by atoms with E-state index in [2.05, 4.69) is 0 Å². The molecule has 35 heavy (non-hydrogen) atoms. The Bertz CT molecular complexity index is 1240. The highest BCUT2D eigenvalue weighted by atomic mass is 16.5. The van der Waals surface area contributed by atoms with Crippen LogP contribution in [0.3, 0.4) is 0 Å². The number of benzene rings is 2. The minimum Gasteiger partial charge on any atom is -0.503 e. The number of Topliss-reactive ketones (excluding diaryl/α,β-unsaturated/α-hetero) is 1. The summed E-state index contributed by atoms with van der Waals surface area (Å²) < 4.78 is 22.0. The monoisotopic (exact) mass is 479 g/mol. The summed E-state index contributed by atoms with van der Waals surface area (Å²) in [4.78, 5) is 28.2. The van der Waals surface area contributed by atoms with Crippen molar-refractivity contribution in [3.8, 4) is 11.5 Å². The average Bonchev–Trinajstić information content (AvgIpc) is 3.42. The standard InChI is InChI=1S/C27H29NO7/c1-4-14-34-19-11-9-17(10-12-19)23-22(25(30)27(31)28(23)13-6-15-32-2)24(29)21-16-18-7-5-8-20(33-3)26(18)35-21/h5,7-12,16,23,30H,4,6,13-15H2,1-3H3. The highest BCUT2D eigenvalue weighted by Gasteiger charge is 2.44. The van der Waals surface area contributed by atoms with Crippen molar-refractivity contribution in [3.05, 3.63) is 71.2 Å². The Morgan fingerprint density at radius 3 is 2.57 bits per heavy atom. The van der Waals surface area contributed by atoms with Gasteiger partial charge >= 0.3 is 0 Å². The van der Waals surface area contributed by atoms with E-state index in [-0.39, 0.29) is 11.3 Å². The third-order valence-electron chi connectivity index (χ3n) is 5.92. The Labute approximate surface area is 203 Å². The lowest BCUT2D eigenvalue weighted by atomic mass is 9.95. The van der Waals surface area contributed by atoms with Gasteiger partial charge in [0.25, 0.3) is 5.91 Å². The Hall–Kier alpha value is -3.78. The first-order valence-corrected chi connectivity index (χ1v) is 11.6. The topological polar surface area (TPSA) is 98.4 Å². The predicted molar refractivity (Wildman–Crippen MR) is 130 cm³/mol. The average molecular weight is 480 g/mol. The van der Waals surface area contributed by atoms with E-state index in [4.69, 9.17) is 18.6 Å². The number of fused-ring (bicyclic) bond motifs is 1. The van der Waals surface area contributed by atoms with Gasteiger partial charge in [0.1, 0.15) is 5.75 Å². The Morgan fingerprint density at radius 1 is 1.11 bits per heavy atom. The van der Waals surface area contributed by atoms with Crippen LogP contribution in [-0.2, 0) is 9.53 Å². The van der Waals surface area contributed by atoms with E-state index in [1.807, 2.05) is 6.92 Å². The van der Waals surface area contributed by atoms with Gasteiger partial charge in [0.15, 0.2) is 22.9 Å². The van der Waals surface area contributed by atoms with Gasteiger partial charge in [-0.3, -0.25) is 9.59 Å². The predicted octanol–water partition coefficient (Wildman–Crippen LogP) is 4.85. The van der Waals surface area contributed by atoms with Gasteiger partial charge in [-0.05, 0) is 42.7 Å². The van der Waals surface area contributed by atoms with Crippen molar-refractivity contribution in [2.24, 2.45) is 0 Å². The summed E-state index contributed by atoms with van der Waals surface area (Å²) in [7, 11) is 3.10.